The van der Waals surface area contributed by atoms with Gasteiger partial charge in [0.05, 0.1) is 15.4 Å². The number of rotatable bonds is 6. The van der Waals surface area contributed by atoms with Gasteiger partial charge in [-0.2, -0.15) is 0 Å². The third-order valence-corrected chi connectivity index (χ3v) is 4.22. The van der Waals surface area contributed by atoms with Gasteiger partial charge < -0.3 is 15.2 Å². The van der Waals surface area contributed by atoms with E-state index in [4.69, 9.17) is 9.84 Å². The van der Waals surface area contributed by atoms with Crippen LogP contribution in [0.15, 0.2) is 45.3 Å². The summed E-state index contributed by atoms with van der Waals surface area (Å²) in [5.41, 5.74) is 2.27. The normalized spacial score (nSPS) is 10.3. The van der Waals surface area contributed by atoms with Gasteiger partial charge in [-0.1, -0.05) is 12.1 Å². The Hall–Kier alpha value is -1.86. The number of aliphatic carboxylic acids is 1. The molecule has 0 radical (unpaired) electrons. The van der Waals surface area contributed by atoms with Crippen LogP contribution in [-0.4, -0.2) is 17.0 Å². The van der Waals surface area contributed by atoms with Crippen LogP contribution >= 0.6 is 31.9 Å². The van der Waals surface area contributed by atoms with Crippen LogP contribution in [0.25, 0.3) is 0 Å². The molecule has 126 valence electrons. The Morgan fingerprint density at radius 3 is 2.38 bits per heavy atom. The van der Waals surface area contributed by atoms with Crippen molar-refractivity contribution in [1.29, 1.82) is 0 Å². The predicted molar refractivity (Wildman–Crippen MR) is 98.3 cm³/mol. The zero-order valence-corrected chi connectivity index (χ0v) is 16.0. The molecule has 2 aromatic rings. The average molecular weight is 457 g/mol. The van der Waals surface area contributed by atoms with E-state index in [0.717, 1.165) is 5.56 Å². The van der Waals surface area contributed by atoms with Crippen LogP contribution in [0, 0.1) is 0 Å². The highest BCUT2D eigenvalue weighted by molar-refractivity contribution is 9.11. The molecular weight excluding hydrogens is 442 g/mol. The number of carbonyl (C=O) groups is 2. The van der Waals surface area contributed by atoms with Gasteiger partial charge in [-0.3, -0.25) is 9.59 Å². The van der Waals surface area contributed by atoms with Gasteiger partial charge in [0.2, 0.25) is 5.91 Å². The van der Waals surface area contributed by atoms with Crippen LogP contribution in [0.3, 0.4) is 0 Å². The number of halogens is 2. The standard InChI is InChI=1S/C17H15Br2NO4/c1-10(21)20-13-4-2-3-11(5-13)9-24-17-14(18)6-12(7-15(17)19)8-16(22)23/h2-7H,8-9H2,1H3,(H,20,21)(H,22,23). The Morgan fingerprint density at radius 2 is 1.79 bits per heavy atom. The molecule has 0 aliphatic rings. The lowest BCUT2D eigenvalue weighted by molar-refractivity contribution is -0.136. The van der Waals surface area contributed by atoms with Crippen molar-refractivity contribution < 1.29 is 19.4 Å². The van der Waals surface area contributed by atoms with Gasteiger partial charge in [0.25, 0.3) is 0 Å². The summed E-state index contributed by atoms with van der Waals surface area (Å²) in [5, 5.41) is 11.6. The minimum atomic E-state index is -0.891. The molecule has 0 bridgehead atoms. The Kier molecular flexibility index (Phi) is 6.39. The molecule has 0 heterocycles. The van der Waals surface area contributed by atoms with Gasteiger partial charge in [0, 0.05) is 12.6 Å². The minimum absolute atomic E-state index is 0.0593. The third kappa shape index (κ3) is 5.35. The number of amides is 1. The van der Waals surface area contributed by atoms with Crippen molar-refractivity contribution in [1.82, 2.24) is 0 Å². The van der Waals surface area contributed by atoms with Crippen molar-refractivity contribution in [2.75, 3.05) is 5.32 Å². The second-order valence-corrected chi connectivity index (χ2v) is 6.84. The maximum absolute atomic E-state index is 11.1. The lowest BCUT2D eigenvalue weighted by Crippen LogP contribution is -2.06. The first kappa shape index (κ1) is 18.5. The highest BCUT2D eigenvalue weighted by Crippen LogP contribution is 2.35. The molecular formula is C17H15Br2NO4. The van der Waals surface area contributed by atoms with Gasteiger partial charge in [-0.25, -0.2) is 0 Å². The molecule has 2 N–H and O–H groups in total. The summed E-state index contributed by atoms with van der Waals surface area (Å²) in [4.78, 5) is 21.9. The van der Waals surface area contributed by atoms with E-state index >= 15 is 0 Å². The lowest BCUT2D eigenvalue weighted by atomic mass is 10.1. The van der Waals surface area contributed by atoms with Gasteiger partial charge in [0.15, 0.2) is 0 Å². The van der Waals surface area contributed by atoms with E-state index in [1.807, 2.05) is 18.2 Å². The number of ether oxygens (including phenoxy) is 1. The largest absolute Gasteiger partial charge is 0.487 e. The monoisotopic (exact) mass is 455 g/mol. The van der Waals surface area contributed by atoms with Gasteiger partial charge in [-0.15, -0.1) is 0 Å². The van der Waals surface area contributed by atoms with Crippen molar-refractivity contribution in [3.8, 4) is 5.75 Å². The van der Waals surface area contributed by atoms with Crippen molar-refractivity contribution in [3.05, 3.63) is 56.5 Å². The van der Waals surface area contributed by atoms with E-state index < -0.39 is 5.97 Å². The SMILES string of the molecule is CC(=O)Nc1cccc(COc2c(Br)cc(CC(=O)O)cc2Br)c1. The molecule has 0 saturated carbocycles. The summed E-state index contributed by atoms with van der Waals surface area (Å²) in [6.45, 7) is 1.76. The zero-order chi connectivity index (χ0) is 17.7. The average Bonchev–Trinajstić information content (AvgIpc) is 2.45. The van der Waals surface area contributed by atoms with E-state index in [1.54, 1.807) is 18.2 Å². The first-order valence-electron chi connectivity index (χ1n) is 7.04. The van der Waals surface area contributed by atoms with Crippen LogP contribution in [0.5, 0.6) is 5.75 Å². The number of carboxylic acid groups (broad SMARTS) is 1. The summed E-state index contributed by atoms with van der Waals surface area (Å²) in [5.74, 6) is -0.432. The first-order valence-corrected chi connectivity index (χ1v) is 8.63. The molecule has 1 amide bonds. The van der Waals surface area contributed by atoms with Crippen molar-refractivity contribution >= 4 is 49.4 Å². The Bertz CT molecular complexity index is 754. The molecule has 5 nitrogen and oxygen atoms in total. The van der Waals surface area contributed by atoms with E-state index in [1.165, 1.54) is 6.92 Å². The fourth-order valence-corrected chi connectivity index (χ4v) is 3.63. The second-order valence-electron chi connectivity index (χ2n) is 5.13. The molecule has 0 aliphatic heterocycles. The molecule has 7 heteroatoms. The number of carbonyl (C=O) groups excluding carboxylic acids is 1. The third-order valence-electron chi connectivity index (χ3n) is 3.04. The number of hydrogen-bond acceptors (Lipinski definition) is 3. The zero-order valence-electron chi connectivity index (χ0n) is 12.8. The molecule has 0 aliphatic carbocycles. The Labute approximate surface area is 156 Å². The van der Waals surface area contributed by atoms with Gasteiger partial charge >= 0.3 is 5.97 Å². The van der Waals surface area contributed by atoms with Crippen LogP contribution in [0.1, 0.15) is 18.1 Å². The molecule has 0 unspecified atom stereocenters. The first-order chi connectivity index (χ1) is 11.3. The van der Waals surface area contributed by atoms with Crippen LogP contribution in [0.4, 0.5) is 5.69 Å². The number of nitrogens with one attached hydrogen (secondary N) is 1. The number of hydrogen-bond donors (Lipinski definition) is 2. The lowest BCUT2D eigenvalue weighted by Gasteiger charge is -2.12. The summed E-state index contributed by atoms with van der Waals surface area (Å²) >= 11 is 6.81. The molecule has 0 aromatic heterocycles. The fourth-order valence-electron chi connectivity index (χ4n) is 2.12. The highest BCUT2D eigenvalue weighted by atomic mass is 79.9. The maximum Gasteiger partial charge on any atom is 0.307 e. The molecule has 0 fully saturated rings. The van der Waals surface area contributed by atoms with Crippen molar-refractivity contribution in [2.45, 2.75) is 20.0 Å². The summed E-state index contributed by atoms with van der Waals surface area (Å²) < 4.78 is 7.16. The van der Waals surface area contributed by atoms with Gasteiger partial charge in [0.1, 0.15) is 12.4 Å². The Balaban J connectivity index is 2.12. The predicted octanol–water partition coefficient (Wildman–Crippen LogP) is 4.38. The van der Waals surface area contributed by atoms with Crippen molar-refractivity contribution in [2.24, 2.45) is 0 Å². The minimum Gasteiger partial charge on any atom is -0.487 e. The highest BCUT2D eigenvalue weighted by Gasteiger charge is 2.11. The van der Waals surface area contributed by atoms with Crippen LogP contribution < -0.4 is 10.1 Å². The fraction of sp³-hybridized carbons (Fsp3) is 0.176. The van der Waals surface area contributed by atoms with Crippen LogP contribution in [-0.2, 0) is 22.6 Å². The second kappa shape index (κ2) is 8.30. The maximum atomic E-state index is 11.1. The van der Waals surface area contributed by atoms with E-state index in [0.29, 0.717) is 32.6 Å². The Morgan fingerprint density at radius 1 is 1.12 bits per heavy atom. The molecule has 2 rings (SSSR count). The van der Waals surface area contributed by atoms with Crippen molar-refractivity contribution in [3.63, 3.8) is 0 Å². The number of anilines is 1. The summed E-state index contributed by atoms with van der Waals surface area (Å²) in [7, 11) is 0. The van der Waals surface area contributed by atoms with E-state index in [2.05, 4.69) is 37.2 Å². The quantitative estimate of drug-likeness (QED) is 0.676. The molecule has 0 saturated heterocycles. The molecule has 2 aromatic carbocycles. The van der Waals surface area contributed by atoms with Crippen LogP contribution in [0.2, 0.25) is 0 Å². The topological polar surface area (TPSA) is 75.6 Å². The van der Waals surface area contributed by atoms with Gasteiger partial charge in [-0.05, 0) is 67.3 Å². The molecule has 0 atom stereocenters. The molecule has 0 spiro atoms. The van der Waals surface area contributed by atoms with E-state index in [9.17, 15) is 9.59 Å². The summed E-state index contributed by atoms with van der Waals surface area (Å²) in [6.07, 6.45) is -0.0593. The number of benzene rings is 2. The smallest absolute Gasteiger partial charge is 0.307 e. The van der Waals surface area contributed by atoms with E-state index in [-0.39, 0.29) is 12.3 Å². The summed E-state index contributed by atoms with van der Waals surface area (Å²) in [6, 6.07) is 10.8. The number of carboxylic acids is 1. The molecule has 24 heavy (non-hydrogen) atoms.